The first-order chi connectivity index (χ1) is 9.56. The van der Waals surface area contributed by atoms with Crippen LogP contribution in [0.15, 0.2) is 9.98 Å². The molecule has 0 aromatic heterocycles. The molecule has 0 radical (unpaired) electrons. The molecule has 20 heavy (non-hydrogen) atoms. The smallest absolute Gasteiger partial charge is 0.209 e. The van der Waals surface area contributed by atoms with Gasteiger partial charge in [-0.3, -0.25) is 4.90 Å². The van der Waals surface area contributed by atoms with Crippen LogP contribution in [0.4, 0.5) is 0 Å². The second kappa shape index (κ2) is 7.85. The second-order valence-corrected chi connectivity index (χ2v) is 4.80. The van der Waals surface area contributed by atoms with E-state index in [0.29, 0.717) is 12.5 Å². The van der Waals surface area contributed by atoms with Crippen molar-refractivity contribution in [1.29, 1.82) is 10.5 Å². The predicted octanol–water partition coefficient (Wildman–Crippen LogP) is -0.342. The minimum Gasteiger partial charge on any atom is -0.369 e. The van der Waals surface area contributed by atoms with Gasteiger partial charge in [-0.25, -0.2) is 4.99 Å². The standard InChI is InChI=1S/C12H20N8/c1-20(8-14)12(16)19-10-4-2-9(3-5-10)6-17-11(15)18-7-13/h9-10H,2-6H2,1H3,(H2,16,19)(H3,15,17,18). The van der Waals surface area contributed by atoms with Crippen LogP contribution in [0.1, 0.15) is 25.7 Å². The van der Waals surface area contributed by atoms with Gasteiger partial charge in [0.05, 0.1) is 6.04 Å². The van der Waals surface area contributed by atoms with Gasteiger partial charge in [0.1, 0.15) is 0 Å². The summed E-state index contributed by atoms with van der Waals surface area (Å²) in [6.45, 7) is 0.709. The Bertz CT molecular complexity index is 447. The van der Waals surface area contributed by atoms with Crippen LogP contribution in [0.5, 0.6) is 0 Å². The zero-order valence-corrected chi connectivity index (χ0v) is 11.6. The number of rotatable bonds is 3. The molecule has 0 aromatic carbocycles. The number of hydrogen-bond donors (Lipinski definition) is 3. The number of guanidine groups is 2. The Balaban J connectivity index is 2.36. The van der Waals surface area contributed by atoms with Crippen LogP contribution in [-0.4, -0.2) is 36.5 Å². The lowest BCUT2D eigenvalue weighted by atomic mass is 9.86. The molecule has 5 N–H and O–H groups in total. The Labute approximate surface area is 118 Å². The fraction of sp³-hybridized carbons (Fsp3) is 0.667. The lowest BCUT2D eigenvalue weighted by Gasteiger charge is -2.27. The van der Waals surface area contributed by atoms with E-state index in [1.165, 1.54) is 4.90 Å². The molecular formula is C12H20N8. The summed E-state index contributed by atoms with van der Waals surface area (Å²) >= 11 is 0. The van der Waals surface area contributed by atoms with Crippen LogP contribution in [0.25, 0.3) is 0 Å². The molecule has 0 spiro atoms. The molecule has 0 atom stereocenters. The fourth-order valence-corrected chi connectivity index (χ4v) is 2.15. The largest absolute Gasteiger partial charge is 0.369 e. The van der Waals surface area contributed by atoms with Gasteiger partial charge in [-0.05, 0) is 31.6 Å². The third-order valence-corrected chi connectivity index (χ3v) is 3.37. The Morgan fingerprint density at radius 3 is 2.50 bits per heavy atom. The quantitative estimate of drug-likeness (QED) is 0.279. The van der Waals surface area contributed by atoms with E-state index in [0.717, 1.165) is 25.7 Å². The highest BCUT2D eigenvalue weighted by Gasteiger charge is 2.21. The van der Waals surface area contributed by atoms with Gasteiger partial charge in [0.25, 0.3) is 0 Å². The summed E-state index contributed by atoms with van der Waals surface area (Å²) in [6.07, 6.45) is 7.43. The van der Waals surface area contributed by atoms with Crippen LogP contribution < -0.4 is 16.8 Å². The summed E-state index contributed by atoms with van der Waals surface area (Å²) in [5.41, 5.74) is 11.2. The van der Waals surface area contributed by atoms with Crippen molar-refractivity contribution < 1.29 is 0 Å². The Hall–Kier alpha value is -2.48. The summed E-state index contributed by atoms with van der Waals surface area (Å²) in [6, 6.07) is 0.173. The Morgan fingerprint density at radius 1 is 1.30 bits per heavy atom. The molecule has 8 nitrogen and oxygen atoms in total. The number of hydrogen-bond acceptors (Lipinski definition) is 4. The van der Waals surface area contributed by atoms with Gasteiger partial charge >= 0.3 is 0 Å². The molecule has 0 bridgehead atoms. The molecule has 0 aliphatic heterocycles. The molecule has 0 heterocycles. The first-order valence-corrected chi connectivity index (χ1v) is 6.49. The van der Waals surface area contributed by atoms with Crippen molar-refractivity contribution in [3.63, 3.8) is 0 Å². The lowest BCUT2D eigenvalue weighted by molar-refractivity contribution is 0.325. The predicted molar refractivity (Wildman–Crippen MR) is 76.0 cm³/mol. The van der Waals surface area contributed by atoms with Gasteiger partial charge in [0.2, 0.25) is 18.1 Å². The van der Waals surface area contributed by atoms with Crippen molar-refractivity contribution in [3.05, 3.63) is 0 Å². The van der Waals surface area contributed by atoms with E-state index in [9.17, 15) is 0 Å². The lowest BCUT2D eigenvalue weighted by Crippen LogP contribution is -2.37. The van der Waals surface area contributed by atoms with E-state index in [1.54, 1.807) is 13.2 Å². The normalized spacial score (nSPS) is 23.6. The summed E-state index contributed by atoms with van der Waals surface area (Å²) in [5, 5.41) is 20.0. The van der Waals surface area contributed by atoms with Gasteiger partial charge in [-0.15, -0.1) is 4.99 Å². The maximum atomic E-state index is 8.70. The van der Waals surface area contributed by atoms with Crippen molar-refractivity contribution in [1.82, 2.24) is 10.2 Å². The minimum absolute atomic E-state index is 0.160. The summed E-state index contributed by atoms with van der Waals surface area (Å²) in [4.78, 5) is 9.01. The van der Waals surface area contributed by atoms with E-state index in [2.05, 4.69) is 15.3 Å². The zero-order valence-electron chi connectivity index (χ0n) is 11.6. The molecule has 1 saturated carbocycles. The van der Waals surface area contributed by atoms with Crippen molar-refractivity contribution in [2.24, 2.45) is 27.4 Å². The van der Waals surface area contributed by atoms with E-state index >= 15 is 0 Å². The van der Waals surface area contributed by atoms with Crippen molar-refractivity contribution >= 4 is 11.9 Å². The van der Waals surface area contributed by atoms with Crippen LogP contribution in [0, 0.1) is 28.8 Å². The number of aliphatic imine (C=N–C) groups is 2. The maximum Gasteiger partial charge on any atom is 0.209 e. The SMILES string of the molecule is CN(C#N)C(N)=NC1CCC(CNC(N)=NC#N)CC1. The molecule has 0 aromatic rings. The van der Waals surface area contributed by atoms with Gasteiger partial charge in [0.15, 0.2) is 6.19 Å². The topological polar surface area (TPSA) is 140 Å². The van der Waals surface area contributed by atoms with E-state index in [-0.39, 0.29) is 18.0 Å². The minimum atomic E-state index is 0.160. The Morgan fingerprint density at radius 2 is 1.95 bits per heavy atom. The van der Waals surface area contributed by atoms with E-state index in [1.807, 2.05) is 6.19 Å². The van der Waals surface area contributed by atoms with E-state index < -0.39 is 0 Å². The molecule has 1 aliphatic carbocycles. The number of nitrogens with one attached hydrogen (secondary N) is 1. The maximum absolute atomic E-state index is 8.70. The number of nitrogens with two attached hydrogens (primary N) is 2. The second-order valence-electron chi connectivity index (χ2n) is 4.80. The fourth-order valence-electron chi connectivity index (χ4n) is 2.15. The van der Waals surface area contributed by atoms with E-state index in [4.69, 9.17) is 22.0 Å². The Kier molecular flexibility index (Phi) is 6.11. The highest BCUT2D eigenvalue weighted by Crippen LogP contribution is 2.25. The number of nitrogens with zero attached hydrogens (tertiary/aromatic N) is 5. The van der Waals surface area contributed by atoms with Gasteiger partial charge < -0.3 is 16.8 Å². The number of nitriles is 2. The highest BCUT2D eigenvalue weighted by molar-refractivity contribution is 5.79. The van der Waals surface area contributed by atoms with Crippen molar-refractivity contribution in [2.45, 2.75) is 31.7 Å². The summed E-state index contributed by atoms with van der Waals surface area (Å²) in [7, 11) is 1.59. The molecule has 0 saturated heterocycles. The molecule has 1 fully saturated rings. The monoisotopic (exact) mass is 276 g/mol. The summed E-state index contributed by atoms with van der Waals surface area (Å²) < 4.78 is 0. The van der Waals surface area contributed by atoms with Gasteiger partial charge in [-0.1, -0.05) is 0 Å². The molecule has 8 heteroatoms. The van der Waals surface area contributed by atoms with Crippen LogP contribution in [0.2, 0.25) is 0 Å². The van der Waals surface area contributed by atoms with Gasteiger partial charge in [-0.2, -0.15) is 10.5 Å². The van der Waals surface area contributed by atoms with Crippen LogP contribution in [0.3, 0.4) is 0 Å². The molecule has 0 amide bonds. The van der Waals surface area contributed by atoms with Crippen LogP contribution in [-0.2, 0) is 0 Å². The van der Waals surface area contributed by atoms with Crippen molar-refractivity contribution in [3.8, 4) is 12.4 Å². The molecule has 0 unspecified atom stereocenters. The average Bonchev–Trinajstić information content (AvgIpc) is 2.46. The summed E-state index contributed by atoms with van der Waals surface area (Å²) in [5.74, 6) is 0.913. The first-order valence-electron chi connectivity index (χ1n) is 6.49. The van der Waals surface area contributed by atoms with Crippen molar-refractivity contribution in [2.75, 3.05) is 13.6 Å². The average molecular weight is 276 g/mol. The van der Waals surface area contributed by atoms with Crippen LogP contribution >= 0.6 is 0 Å². The third-order valence-electron chi connectivity index (χ3n) is 3.37. The van der Waals surface area contributed by atoms with Gasteiger partial charge in [0, 0.05) is 13.6 Å². The molecular weight excluding hydrogens is 256 g/mol. The molecule has 108 valence electrons. The third kappa shape index (κ3) is 5.02. The molecule has 1 aliphatic rings. The highest BCUT2D eigenvalue weighted by atomic mass is 15.2. The molecule has 1 rings (SSSR count). The first kappa shape index (κ1) is 15.6. The zero-order chi connectivity index (χ0) is 15.0.